The molecule has 94 valence electrons. The second-order valence-corrected chi connectivity index (χ2v) is 5.31. The Morgan fingerprint density at radius 1 is 1.41 bits per heavy atom. The number of likely N-dealkylation sites (N-methyl/N-ethyl adjacent to an activating group) is 2. The van der Waals surface area contributed by atoms with Crippen LogP contribution in [0.3, 0.4) is 0 Å². The van der Waals surface area contributed by atoms with Gasteiger partial charge in [0.2, 0.25) is 0 Å². The summed E-state index contributed by atoms with van der Waals surface area (Å²) in [4.78, 5) is 4.03. The van der Waals surface area contributed by atoms with Crippen LogP contribution >= 0.6 is 11.8 Å². The summed E-state index contributed by atoms with van der Waals surface area (Å²) < 4.78 is 13.8. The third-order valence-electron chi connectivity index (χ3n) is 3.25. The number of nitrogens with one attached hydrogen (secondary N) is 1. The zero-order chi connectivity index (χ0) is 12.6. The largest absolute Gasteiger partial charge is 0.374 e. The molecule has 2 aliphatic heterocycles. The minimum Gasteiger partial charge on any atom is -0.374 e. The molecule has 2 rings (SSSR count). The van der Waals surface area contributed by atoms with Crippen molar-refractivity contribution >= 4 is 11.8 Å². The lowest BCUT2D eigenvalue weighted by molar-refractivity contribution is 0.324. The zero-order valence-corrected chi connectivity index (χ0v) is 11.4. The molecule has 2 heterocycles. The Kier molecular flexibility index (Phi) is 3.38. The lowest BCUT2D eigenvalue weighted by atomic mass is 10.1. The first-order valence-corrected chi connectivity index (χ1v) is 6.56. The van der Waals surface area contributed by atoms with E-state index in [0.29, 0.717) is 0 Å². The van der Waals surface area contributed by atoms with Crippen molar-refractivity contribution in [2.75, 3.05) is 21.1 Å². The van der Waals surface area contributed by atoms with Crippen LogP contribution in [0, 0.1) is 0 Å². The summed E-state index contributed by atoms with van der Waals surface area (Å²) in [5.74, 6) is 0.993. The number of thioether (sulfide) groups is 1. The maximum absolute atomic E-state index is 13.8. The SMILES string of the molecule is CNC1=CSC(C2=CN(C)C(C)C(F)=C2)N1C. The molecule has 0 fully saturated rings. The highest BCUT2D eigenvalue weighted by molar-refractivity contribution is 8.03. The molecule has 3 nitrogen and oxygen atoms in total. The lowest BCUT2D eigenvalue weighted by Crippen LogP contribution is -2.34. The Bertz CT molecular complexity index is 403. The third kappa shape index (κ3) is 2.16. The summed E-state index contributed by atoms with van der Waals surface area (Å²) in [5, 5.41) is 5.34. The van der Waals surface area contributed by atoms with E-state index in [1.54, 1.807) is 17.8 Å². The summed E-state index contributed by atoms with van der Waals surface area (Å²) in [5.41, 5.74) is 0.997. The fourth-order valence-corrected chi connectivity index (χ4v) is 3.08. The van der Waals surface area contributed by atoms with Crippen LogP contribution in [-0.2, 0) is 0 Å². The van der Waals surface area contributed by atoms with Crippen LogP contribution in [0.4, 0.5) is 4.39 Å². The van der Waals surface area contributed by atoms with Crippen molar-refractivity contribution in [1.29, 1.82) is 0 Å². The first kappa shape index (κ1) is 12.4. The van der Waals surface area contributed by atoms with E-state index in [9.17, 15) is 4.39 Å². The van der Waals surface area contributed by atoms with Crippen molar-refractivity contribution in [2.24, 2.45) is 0 Å². The Hall–Kier alpha value is -1.10. The maximum atomic E-state index is 13.8. The second kappa shape index (κ2) is 4.64. The van der Waals surface area contributed by atoms with Gasteiger partial charge in [0.25, 0.3) is 0 Å². The van der Waals surface area contributed by atoms with Crippen LogP contribution in [0.15, 0.2) is 34.9 Å². The van der Waals surface area contributed by atoms with E-state index in [1.165, 1.54) is 0 Å². The van der Waals surface area contributed by atoms with E-state index >= 15 is 0 Å². The van der Waals surface area contributed by atoms with Gasteiger partial charge in [-0.05, 0) is 13.0 Å². The number of nitrogens with zero attached hydrogens (tertiary/aromatic N) is 2. The van der Waals surface area contributed by atoms with Gasteiger partial charge >= 0.3 is 0 Å². The fourth-order valence-electron chi connectivity index (χ4n) is 1.96. The Morgan fingerprint density at radius 2 is 2.12 bits per heavy atom. The van der Waals surface area contributed by atoms with E-state index in [2.05, 4.69) is 15.6 Å². The quantitative estimate of drug-likeness (QED) is 0.814. The van der Waals surface area contributed by atoms with Gasteiger partial charge in [-0.3, -0.25) is 0 Å². The predicted octanol–water partition coefficient (Wildman–Crippen LogP) is 2.08. The summed E-state index contributed by atoms with van der Waals surface area (Å²) in [7, 11) is 5.81. The molecule has 0 saturated heterocycles. The van der Waals surface area contributed by atoms with Gasteiger partial charge in [0.1, 0.15) is 17.0 Å². The molecule has 17 heavy (non-hydrogen) atoms. The summed E-state index contributed by atoms with van der Waals surface area (Å²) >= 11 is 1.69. The van der Waals surface area contributed by atoms with Gasteiger partial charge in [-0.1, -0.05) is 0 Å². The number of rotatable bonds is 2. The molecule has 0 saturated carbocycles. The molecule has 1 N–H and O–H groups in total. The first-order chi connectivity index (χ1) is 8.04. The zero-order valence-electron chi connectivity index (χ0n) is 10.6. The highest BCUT2D eigenvalue weighted by atomic mass is 32.2. The van der Waals surface area contributed by atoms with Crippen LogP contribution in [0.2, 0.25) is 0 Å². The van der Waals surface area contributed by atoms with Gasteiger partial charge in [0, 0.05) is 38.3 Å². The van der Waals surface area contributed by atoms with Crippen molar-refractivity contribution in [3.8, 4) is 0 Å². The molecule has 0 amide bonds. The average molecular weight is 255 g/mol. The molecule has 5 heteroatoms. The summed E-state index contributed by atoms with van der Waals surface area (Å²) in [6, 6.07) is -0.160. The molecular weight excluding hydrogens is 237 g/mol. The molecule has 2 atom stereocenters. The Morgan fingerprint density at radius 3 is 2.65 bits per heavy atom. The third-order valence-corrected chi connectivity index (χ3v) is 4.45. The van der Waals surface area contributed by atoms with Crippen LogP contribution < -0.4 is 5.32 Å². The minimum absolute atomic E-state index is 0.0723. The van der Waals surface area contributed by atoms with Gasteiger partial charge in [-0.15, -0.1) is 11.8 Å². The molecule has 0 spiro atoms. The van der Waals surface area contributed by atoms with E-state index in [1.807, 2.05) is 39.2 Å². The van der Waals surface area contributed by atoms with E-state index in [-0.39, 0.29) is 17.2 Å². The van der Waals surface area contributed by atoms with Gasteiger partial charge in [-0.2, -0.15) is 0 Å². The van der Waals surface area contributed by atoms with Crippen LogP contribution in [0.1, 0.15) is 6.92 Å². The highest BCUT2D eigenvalue weighted by Crippen LogP contribution is 2.36. The minimum atomic E-state index is -0.160. The van der Waals surface area contributed by atoms with Crippen LogP contribution in [-0.4, -0.2) is 42.4 Å². The standard InChI is InChI=1S/C12H18FN3S/c1-8-10(13)5-9(6-15(8)3)12-16(4)11(14-2)7-17-12/h5-8,12,14H,1-4H3. The van der Waals surface area contributed by atoms with Gasteiger partial charge < -0.3 is 15.1 Å². The fraction of sp³-hybridized carbons (Fsp3) is 0.500. The molecule has 2 unspecified atom stereocenters. The van der Waals surface area contributed by atoms with Crippen molar-refractivity contribution in [2.45, 2.75) is 18.3 Å². The molecule has 0 bridgehead atoms. The smallest absolute Gasteiger partial charge is 0.122 e. The normalized spacial score (nSPS) is 28.9. The Labute approximate surface area is 106 Å². The van der Waals surface area contributed by atoms with E-state index in [0.717, 1.165) is 11.4 Å². The highest BCUT2D eigenvalue weighted by Gasteiger charge is 2.29. The molecule has 0 aromatic rings. The lowest BCUT2D eigenvalue weighted by Gasteiger charge is -2.31. The Balaban J connectivity index is 2.18. The van der Waals surface area contributed by atoms with Gasteiger partial charge in [0.05, 0.1) is 6.04 Å². The molecule has 0 aliphatic carbocycles. The number of hydrogen-bond donors (Lipinski definition) is 1. The topological polar surface area (TPSA) is 18.5 Å². The van der Waals surface area contributed by atoms with Crippen molar-refractivity contribution in [1.82, 2.24) is 15.1 Å². The average Bonchev–Trinajstić information content (AvgIpc) is 2.66. The van der Waals surface area contributed by atoms with E-state index < -0.39 is 0 Å². The van der Waals surface area contributed by atoms with Gasteiger partial charge in [0.15, 0.2) is 0 Å². The van der Waals surface area contributed by atoms with Crippen LogP contribution in [0.25, 0.3) is 0 Å². The molecule has 0 aromatic carbocycles. The number of halogens is 1. The summed E-state index contributed by atoms with van der Waals surface area (Å²) in [6.07, 6.45) is 3.68. The van der Waals surface area contributed by atoms with Gasteiger partial charge in [-0.25, -0.2) is 4.39 Å². The summed E-state index contributed by atoms with van der Waals surface area (Å²) in [6.45, 7) is 1.86. The van der Waals surface area contributed by atoms with E-state index in [4.69, 9.17) is 0 Å². The maximum Gasteiger partial charge on any atom is 0.122 e. The molecule has 2 aliphatic rings. The number of hydrogen-bond acceptors (Lipinski definition) is 4. The molecular formula is C12H18FN3S. The molecule has 0 radical (unpaired) electrons. The second-order valence-electron chi connectivity index (χ2n) is 4.35. The van der Waals surface area contributed by atoms with Crippen molar-refractivity contribution < 1.29 is 4.39 Å². The van der Waals surface area contributed by atoms with Crippen molar-refractivity contribution in [3.63, 3.8) is 0 Å². The van der Waals surface area contributed by atoms with Crippen LogP contribution in [0.5, 0.6) is 0 Å². The monoisotopic (exact) mass is 255 g/mol. The first-order valence-electron chi connectivity index (χ1n) is 5.61. The predicted molar refractivity (Wildman–Crippen MR) is 70.8 cm³/mol. The van der Waals surface area contributed by atoms with Crippen molar-refractivity contribution in [3.05, 3.63) is 34.9 Å². The molecule has 0 aromatic heterocycles.